The van der Waals surface area contributed by atoms with E-state index in [1.54, 1.807) is 29.2 Å². The van der Waals surface area contributed by atoms with E-state index in [-0.39, 0.29) is 29.8 Å². The highest BCUT2D eigenvalue weighted by Crippen LogP contribution is 2.44. The molecule has 3 aromatic heterocycles. The summed E-state index contributed by atoms with van der Waals surface area (Å²) < 4.78 is 16.3. The van der Waals surface area contributed by atoms with Crippen LogP contribution in [0, 0.1) is 26.6 Å². The Hall–Kier alpha value is -3.48. The molecule has 4 aromatic rings. The predicted octanol–water partition coefficient (Wildman–Crippen LogP) is 4.75. The van der Waals surface area contributed by atoms with Gasteiger partial charge in [0, 0.05) is 24.2 Å². The lowest BCUT2D eigenvalue weighted by Crippen LogP contribution is -2.27. The Morgan fingerprint density at radius 1 is 1.06 bits per heavy atom. The number of nitrogens with zero attached hydrogens (tertiary/aromatic N) is 5. The monoisotopic (exact) mass is 443 g/mol. The number of halogens is 1. The van der Waals surface area contributed by atoms with Gasteiger partial charge in [0.2, 0.25) is 0 Å². The lowest BCUT2D eigenvalue weighted by Gasteiger charge is -2.17. The molecule has 0 aliphatic heterocycles. The van der Waals surface area contributed by atoms with Crippen LogP contribution in [-0.2, 0) is 6.54 Å². The fourth-order valence-electron chi connectivity index (χ4n) is 5.10. The molecule has 3 heterocycles. The van der Waals surface area contributed by atoms with Gasteiger partial charge in [-0.05, 0) is 75.1 Å². The maximum atomic E-state index is 14.6. The normalized spacial score (nSPS) is 18.2. The molecule has 0 radical (unpaired) electrons. The van der Waals surface area contributed by atoms with Gasteiger partial charge in [-0.15, -0.1) is 0 Å². The van der Waals surface area contributed by atoms with Gasteiger partial charge in [0.05, 0.1) is 23.6 Å². The van der Waals surface area contributed by atoms with Crippen molar-refractivity contribution < 1.29 is 4.39 Å². The molecule has 0 bridgehead atoms. The Morgan fingerprint density at radius 3 is 2.64 bits per heavy atom. The zero-order valence-electron chi connectivity index (χ0n) is 19.0. The standard InChI is InChI=1S/C26H26FN5O/c1-15-5-4-6-21(27)24(15)19-8-7-18(11-19)20-12-22-25(31-16(2)13-30-22)32(26(20)33)14-23-17(3)28-9-10-29-23/h4-6,9-10,12-13,18-19H,7-8,11,14H2,1-3H3/t18-,19-/m0/s1. The van der Waals surface area contributed by atoms with Crippen molar-refractivity contribution in [2.24, 2.45) is 0 Å². The molecule has 0 N–H and O–H groups in total. The van der Waals surface area contributed by atoms with Gasteiger partial charge in [0.1, 0.15) is 11.3 Å². The van der Waals surface area contributed by atoms with Crippen LogP contribution in [0.1, 0.15) is 64.9 Å². The molecule has 0 saturated heterocycles. The van der Waals surface area contributed by atoms with Crippen LogP contribution in [0.25, 0.3) is 11.2 Å². The van der Waals surface area contributed by atoms with E-state index in [0.717, 1.165) is 53.0 Å². The first-order valence-corrected chi connectivity index (χ1v) is 11.3. The van der Waals surface area contributed by atoms with Crippen molar-refractivity contribution in [2.45, 2.75) is 58.4 Å². The van der Waals surface area contributed by atoms with Gasteiger partial charge in [-0.3, -0.25) is 24.3 Å². The van der Waals surface area contributed by atoms with Crippen LogP contribution in [0.4, 0.5) is 4.39 Å². The van der Waals surface area contributed by atoms with Gasteiger partial charge in [-0.2, -0.15) is 0 Å². The van der Waals surface area contributed by atoms with E-state index in [4.69, 9.17) is 0 Å². The molecule has 2 atom stereocenters. The van der Waals surface area contributed by atoms with E-state index in [0.29, 0.717) is 11.2 Å². The zero-order chi connectivity index (χ0) is 23.1. The summed E-state index contributed by atoms with van der Waals surface area (Å²) in [5.41, 5.74) is 5.88. The maximum Gasteiger partial charge on any atom is 0.256 e. The summed E-state index contributed by atoms with van der Waals surface area (Å²) in [6.07, 6.45) is 7.42. The molecule has 1 aliphatic carbocycles. The maximum absolute atomic E-state index is 14.6. The number of benzene rings is 1. The van der Waals surface area contributed by atoms with Crippen LogP contribution in [-0.4, -0.2) is 24.5 Å². The number of aryl methyl sites for hydroxylation is 3. The van der Waals surface area contributed by atoms with Crippen molar-refractivity contribution in [1.82, 2.24) is 24.5 Å². The van der Waals surface area contributed by atoms with Crippen LogP contribution in [0.15, 0.2) is 47.7 Å². The van der Waals surface area contributed by atoms with Crippen LogP contribution in [0.3, 0.4) is 0 Å². The first-order chi connectivity index (χ1) is 15.9. The van der Waals surface area contributed by atoms with E-state index in [1.165, 1.54) is 6.07 Å². The SMILES string of the molecule is Cc1cnc2cc([C@H]3CC[C@H](c4c(C)cccc4F)C3)c(=O)n(Cc3nccnc3C)c2n1. The molecule has 1 fully saturated rings. The summed E-state index contributed by atoms with van der Waals surface area (Å²) in [7, 11) is 0. The Labute approximate surface area is 191 Å². The minimum absolute atomic E-state index is 0.0446. The van der Waals surface area contributed by atoms with Crippen molar-refractivity contribution in [3.63, 3.8) is 0 Å². The average Bonchev–Trinajstić information content (AvgIpc) is 3.26. The Kier molecular flexibility index (Phi) is 5.48. The quantitative estimate of drug-likeness (QED) is 0.455. The first-order valence-electron chi connectivity index (χ1n) is 11.3. The summed E-state index contributed by atoms with van der Waals surface area (Å²) in [6.45, 7) is 5.98. The molecule has 5 rings (SSSR count). The lowest BCUT2D eigenvalue weighted by atomic mass is 9.90. The zero-order valence-corrected chi connectivity index (χ0v) is 19.0. The van der Waals surface area contributed by atoms with E-state index in [1.807, 2.05) is 32.9 Å². The highest BCUT2D eigenvalue weighted by molar-refractivity contribution is 5.71. The van der Waals surface area contributed by atoms with E-state index in [9.17, 15) is 9.18 Å². The molecule has 7 heteroatoms. The first kappa shape index (κ1) is 21.4. The van der Waals surface area contributed by atoms with E-state index in [2.05, 4.69) is 19.9 Å². The summed E-state index contributed by atoms with van der Waals surface area (Å²) in [4.78, 5) is 31.7. The molecule has 6 nitrogen and oxygen atoms in total. The molecule has 0 unspecified atom stereocenters. The minimum atomic E-state index is -0.156. The molecule has 168 valence electrons. The highest BCUT2D eigenvalue weighted by Gasteiger charge is 2.32. The van der Waals surface area contributed by atoms with Crippen molar-refractivity contribution in [2.75, 3.05) is 0 Å². The predicted molar refractivity (Wildman–Crippen MR) is 125 cm³/mol. The highest BCUT2D eigenvalue weighted by atomic mass is 19.1. The van der Waals surface area contributed by atoms with Gasteiger partial charge < -0.3 is 0 Å². The van der Waals surface area contributed by atoms with Crippen LogP contribution in [0.2, 0.25) is 0 Å². The van der Waals surface area contributed by atoms with Gasteiger partial charge in [0.15, 0.2) is 5.65 Å². The average molecular weight is 444 g/mol. The summed E-state index contributed by atoms with van der Waals surface area (Å²) in [6, 6.07) is 7.11. The van der Waals surface area contributed by atoms with Crippen molar-refractivity contribution in [3.8, 4) is 0 Å². The van der Waals surface area contributed by atoms with Gasteiger partial charge in [0.25, 0.3) is 5.56 Å². The second-order valence-corrected chi connectivity index (χ2v) is 8.98. The third-order valence-electron chi connectivity index (χ3n) is 6.78. The Bertz CT molecular complexity index is 1390. The van der Waals surface area contributed by atoms with Gasteiger partial charge >= 0.3 is 0 Å². The van der Waals surface area contributed by atoms with E-state index < -0.39 is 0 Å². The van der Waals surface area contributed by atoms with Gasteiger partial charge in [-0.25, -0.2) is 9.37 Å². The molecule has 1 aliphatic rings. The topological polar surface area (TPSA) is 73.6 Å². The second kappa shape index (κ2) is 8.46. The number of aromatic nitrogens is 5. The van der Waals surface area contributed by atoms with Crippen LogP contribution < -0.4 is 5.56 Å². The molecular weight excluding hydrogens is 417 g/mol. The Balaban J connectivity index is 1.58. The third-order valence-corrected chi connectivity index (χ3v) is 6.78. The fourth-order valence-corrected chi connectivity index (χ4v) is 5.10. The summed E-state index contributed by atoms with van der Waals surface area (Å²) >= 11 is 0. The molecule has 33 heavy (non-hydrogen) atoms. The van der Waals surface area contributed by atoms with Crippen molar-refractivity contribution >= 4 is 11.2 Å². The molecule has 0 amide bonds. The minimum Gasteiger partial charge on any atom is -0.285 e. The van der Waals surface area contributed by atoms with Crippen molar-refractivity contribution in [3.05, 3.63) is 92.8 Å². The Morgan fingerprint density at radius 2 is 1.85 bits per heavy atom. The number of hydrogen-bond donors (Lipinski definition) is 0. The smallest absolute Gasteiger partial charge is 0.256 e. The number of fused-ring (bicyclic) bond motifs is 1. The van der Waals surface area contributed by atoms with Crippen LogP contribution >= 0.6 is 0 Å². The molecule has 0 spiro atoms. The number of pyridine rings is 1. The van der Waals surface area contributed by atoms with Crippen molar-refractivity contribution in [1.29, 1.82) is 0 Å². The summed E-state index contributed by atoms with van der Waals surface area (Å²) in [5.74, 6) is -0.00895. The number of rotatable bonds is 4. The molecule has 1 saturated carbocycles. The van der Waals surface area contributed by atoms with Gasteiger partial charge in [-0.1, -0.05) is 12.1 Å². The molecular formula is C26H26FN5O. The third kappa shape index (κ3) is 3.92. The summed E-state index contributed by atoms with van der Waals surface area (Å²) in [5, 5.41) is 0. The van der Waals surface area contributed by atoms with E-state index >= 15 is 0 Å². The van der Waals surface area contributed by atoms with Crippen LogP contribution in [0.5, 0.6) is 0 Å². The largest absolute Gasteiger partial charge is 0.285 e. The molecule has 1 aromatic carbocycles. The number of hydrogen-bond acceptors (Lipinski definition) is 5. The fraction of sp³-hybridized carbons (Fsp3) is 0.346. The second-order valence-electron chi connectivity index (χ2n) is 8.98. The lowest BCUT2D eigenvalue weighted by molar-refractivity contribution is 0.573.